The zero-order chi connectivity index (χ0) is 13.8. The topological polar surface area (TPSA) is 9.23 Å². The van der Waals surface area contributed by atoms with Crippen molar-refractivity contribution in [3.05, 3.63) is 0 Å². The lowest BCUT2D eigenvalue weighted by Crippen LogP contribution is -2.66. The lowest BCUT2D eigenvalue weighted by Gasteiger charge is -2.60. The molecule has 108 valence electrons. The van der Waals surface area contributed by atoms with E-state index in [4.69, 9.17) is 17.0 Å². The first-order valence-electron chi connectivity index (χ1n) is 6.70. The Morgan fingerprint density at radius 1 is 1.11 bits per heavy atom. The van der Waals surface area contributed by atoms with Gasteiger partial charge in [0.2, 0.25) is 9.98 Å². The molecule has 4 aliphatic carbocycles. The molecule has 4 bridgehead atoms. The Hall–Kier alpha value is 0.0300. The molecule has 0 aromatic heterocycles. The minimum atomic E-state index is -4.32. The van der Waals surface area contributed by atoms with E-state index in [2.05, 4.69) is 0 Å². The predicted octanol–water partition coefficient (Wildman–Crippen LogP) is 4.41. The molecule has 0 atom stereocenters. The summed E-state index contributed by atoms with van der Waals surface area (Å²) in [6.45, 7) is 0. The van der Waals surface area contributed by atoms with E-state index in [1.54, 1.807) is 6.26 Å². The molecule has 19 heavy (non-hydrogen) atoms. The first-order chi connectivity index (χ1) is 8.86. The molecule has 0 heterocycles. The summed E-state index contributed by atoms with van der Waals surface area (Å²) >= 11 is 6.03. The normalized spacial score (nSPS) is 44.4. The van der Waals surface area contributed by atoms with Crippen molar-refractivity contribution in [1.29, 1.82) is 0 Å². The Kier molecular flexibility index (Phi) is 3.32. The lowest BCUT2D eigenvalue weighted by atomic mass is 9.49. The number of ether oxygens (including phenoxy) is 1. The van der Waals surface area contributed by atoms with Gasteiger partial charge >= 0.3 is 6.18 Å². The average molecular weight is 310 g/mol. The minimum absolute atomic E-state index is 0.0322. The number of hydrogen-bond acceptors (Lipinski definition) is 3. The van der Waals surface area contributed by atoms with Crippen LogP contribution < -0.4 is 0 Å². The van der Waals surface area contributed by atoms with Crippen molar-refractivity contribution in [2.24, 2.45) is 23.7 Å². The van der Waals surface area contributed by atoms with Crippen LogP contribution in [0.3, 0.4) is 0 Å². The Morgan fingerprint density at radius 2 is 1.58 bits per heavy atom. The molecule has 4 rings (SSSR count). The molecule has 0 amide bonds. The van der Waals surface area contributed by atoms with E-state index in [-0.39, 0.29) is 4.38 Å². The summed E-state index contributed by atoms with van der Waals surface area (Å²) in [5.41, 5.74) is -2.00. The summed E-state index contributed by atoms with van der Waals surface area (Å²) in [6, 6.07) is 0. The fourth-order valence-electron chi connectivity index (χ4n) is 4.75. The molecule has 0 spiro atoms. The largest absolute Gasteiger partial charge is 0.462 e. The Bertz CT molecular complexity index is 366. The minimum Gasteiger partial charge on any atom is -0.462 e. The van der Waals surface area contributed by atoms with E-state index in [0.29, 0.717) is 37.5 Å². The summed E-state index contributed by atoms with van der Waals surface area (Å²) in [7, 11) is 0. The molecule has 4 aliphatic rings. The molecule has 1 nitrogen and oxygen atoms in total. The molecule has 4 saturated carbocycles. The number of rotatable bonds is 1. The lowest BCUT2D eigenvalue weighted by molar-refractivity contribution is -0.323. The highest BCUT2D eigenvalue weighted by molar-refractivity contribution is 8.22. The summed E-state index contributed by atoms with van der Waals surface area (Å²) in [6.07, 6.45) is 1.09. The van der Waals surface area contributed by atoms with Crippen LogP contribution in [0, 0.1) is 23.7 Å². The van der Waals surface area contributed by atoms with Crippen molar-refractivity contribution in [2.45, 2.75) is 43.9 Å². The van der Waals surface area contributed by atoms with Crippen molar-refractivity contribution in [1.82, 2.24) is 0 Å². The van der Waals surface area contributed by atoms with Crippen LogP contribution in [0.4, 0.5) is 13.2 Å². The first kappa shape index (κ1) is 14.0. The van der Waals surface area contributed by atoms with Gasteiger partial charge in [0.15, 0.2) is 0 Å². The summed E-state index contributed by atoms with van der Waals surface area (Å²) in [5.74, 6) is 0.163. The van der Waals surface area contributed by atoms with Gasteiger partial charge < -0.3 is 4.74 Å². The quantitative estimate of drug-likeness (QED) is 0.664. The highest BCUT2D eigenvalue weighted by atomic mass is 32.2. The van der Waals surface area contributed by atoms with Gasteiger partial charge in [0, 0.05) is 11.8 Å². The average Bonchev–Trinajstić information content (AvgIpc) is 2.31. The van der Waals surface area contributed by atoms with Gasteiger partial charge in [-0.2, -0.15) is 13.2 Å². The van der Waals surface area contributed by atoms with E-state index in [0.717, 1.165) is 18.2 Å². The number of alkyl halides is 3. The van der Waals surface area contributed by atoms with E-state index < -0.39 is 23.6 Å². The van der Waals surface area contributed by atoms with Crippen LogP contribution in [0.5, 0.6) is 0 Å². The Morgan fingerprint density at radius 3 is 1.95 bits per heavy atom. The molecule has 6 heteroatoms. The maximum Gasteiger partial charge on any atom is 0.428 e. The van der Waals surface area contributed by atoms with Crippen LogP contribution in [0.2, 0.25) is 0 Å². The van der Waals surface area contributed by atoms with Crippen molar-refractivity contribution < 1.29 is 17.9 Å². The van der Waals surface area contributed by atoms with E-state index in [1.807, 2.05) is 0 Å². The van der Waals surface area contributed by atoms with Crippen LogP contribution in [-0.4, -0.2) is 22.4 Å². The zero-order valence-corrected chi connectivity index (χ0v) is 12.3. The monoisotopic (exact) mass is 310 g/mol. The molecule has 4 fully saturated rings. The predicted molar refractivity (Wildman–Crippen MR) is 73.0 cm³/mol. The van der Waals surface area contributed by atoms with E-state index in [9.17, 15) is 13.2 Å². The van der Waals surface area contributed by atoms with Crippen LogP contribution in [0.25, 0.3) is 0 Å². The fraction of sp³-hybridized carbons (Fsp3) is 0.923. The van der Waals surface area contributed by atoms with Crippen molar-refractivity contribution in [2.75, 3.05) is 6.26 Å². The number of hydrogen-bond donors (Lipinski definition) is 0. The van der Waals surface area contributed by atoms with Gasteiger partial charge in [0.1, 0.15) is 0 Å². The third-order valence-electron chi connectivity index (χ3n) is 5.21. The maximum absolute atomic E-state index is 13.8. The first-order valence-corrected chi connectivity index (χ1v) is 8.33. The molecule has 0 radical (unpaired) electrons. The van der Waals surface area contributed by atoms with Crippen LogP contribution >= 0.6 is 24.0 Å². The van der Waals surface area contributed by atoms with Crippen molar-refractivity contribution in [3.63, 3.8) is 0 Å². The summed E-state index contributed by atoms with van der Waals surface area (Å²) in [5, 5.41) is 0. The molecule has 0 N–H and O–H groups in total. The van der Waals surface area contributed by atoms with Gasteiger partial charge in [0.05, 0.1) is 0 Å². The summed E-state index contributed by atoms with van der Waals surface area (Å²) < 4.78 is 46.7. The Balaban J connectivity index is 1.98. The van der Waals surface area contributed by atoms with E-state index >= 15 is 0 Å². The number of thiocarbonyl (C=S) groups is 1. The molecule has 0 unspecified atom stereocenters. The third kappa shape index (κ3) is 2.01. The second kappa shape index (κ2) is 4.52. The zero-order valence-electron chi connectivity index (χ0n) is 10.7. The second-order valence-corrected chi connectivity index (χ2v) is 7.56. The van der Waals surface area contributed by atoms with Crippen molar-refractivity contribution in [3.8, 4) is 0 Å². The van der Waals surface area contributed by atoms with Crippen LogP contribution in [0.1, 0.15) is 32.1 Å². The van der Waals surface area contributed by atoms with Crippen LogP contribution in [0.15, 0.2) is 0 Å². The fourth-order valence-corrected chi connectivity index (χ4v) is 5.11. The van der Waals surface area contributed by atoms with Gasteiger partial charge in [-0.3, -0.25) is 0 Å². The van der Waals surface area contributed by atoms with Gasteiger partial charge in [-0.1, -0.05) is 11.8 Å². The molecule has 0 saturated heterocycles. The highest BCUT2D eigenvalue weighted by Gasteiger charge is 2.71. The van der Waals surface area contributed by atoms with Gasteiger partial charge in [-0.15, -0.1) is 0 Å². The highest BCUT2D eigenvalue weighted by Crippen LogP contribution is 2.64. The van der Waals surface area contributed by atoms with Crippen molar-refractivity contribution >= 4 is 28.4 Å². The maximum atomic E-state index is 13.8. The molecule has 0 aromatic rings. The van der Waals surface area contributed by atoms with Gasteiger partial charge in [-0.25, -0.2) is 0 Å². The standard InChI is InChI=1S/C13H17F3OS2/c1-19-11(18)17-12(13(14,15)16)9-3-7-2-8(5-9)6-10(12)4-7/h7-10H,2-6H2,1H3. The smallest absolute Gasteiger partial charge is 0.428 e. The summed E-state index contributed by atoms with van der Waals surface area (Å²) in [4.78, 5) is 0. The number of thioether (sulfide) groups is 1. The second-order valence-electron chi connectivity index (χ2n) is 6.15. The SMILES string of the molecule is CSC(=S)OC1(C(F)(F)F)C2CC3CC(C2)CC1C3. The molecular formula is C13H17F3OS2. The Labute approximate surface area is 120 Å². The van der Waals surface area contributed by atoms with Crippen LogP contribution in [-0.2, 0) is 4.74 Å². The van der Waals surface area contributed by atoms with E-state index in [1.165, 1.54) is 0 Å². The molecule has 0 aliphatic heterocycles. The van der Waals surface area contributed by atoms with Gasteiger partial charge in [0.25, 0.3) is 0 Å². The molecular weight excluding hydrogens is 293 g/mol. The molecule has 0 aromatic carbocycles. The number of halogens is 3. The third-order valence-corrected chi connectivity index (χ3v) is 6.21. The van der Waals surface area contributed by atoms with Gasteiger partial charge in [-0.05, 0) is 62.4 Å².